The van der Waals surface area contributed by atoms with E-state index in [0.717, 1.165) is 0 Å². The van der Waals surface area contributed by atoms with Crippen LogP contribution < -0.4 is 9.64 Å². The molecule has 0 unspecified atom stereocenters. The highest BCUT2D eigenvalue weighted by atomic mass is 16.5. The molecule has 0 radical (unpaired) electrons. The van der Waals surface area contributed by atoms with Crippen LogP contribution in [-0.2, 0) is 11.2 Å². The van der Waals surface area contributed by atoms with Gasteiger partial charge in [0.2, 0.25) is 17.7 Å². The van der Waals surface area contributed by atoms with Gasteiger partial charge in [-0.05, 0) is 18.1 Å². The number of methoxy groups -OCH3 is 1. The average Bonchev–Trinajstić information content (AvgIpc) is 2.72. The minimum atomic E-state index is -0.968. The number of benzene rings is 1. The molecule has 0 bridgehead atoms. The van der Waals surface area contributed by atoms with Crippen molar-refractivity contribution in [3.05, 3.63) is 47.7 Å². The van der Waals surface area contributed by atoms with E-state index < -0.39 is 5.97 Å². The van der Waals surface area contributed by atoms with Crippen molar-refractivity contribution in [3.63, 3.8) is 0 Å². The molecule has 0 spiro atoms. The Morgan fingerprint density at radius 1 is 1.15 bits per heavy atom. The normalized spacial score (nSPS) is 14.1. The van der Waals surface area contributed by atoms with Gasteiger partial charge in [0, 0.05) is 44.9 Å². The van der Waals surface area contributed by atoms with E-state index >= 15 is 0 Å². The maximum atomic E-state index is 12.5. The summed E-state index contributed by atoms with van der Waals surface area (Å²) in [5.41, 5.74) is 0.937. The van der Waals surface area contributed by atoms with Crippen molar-refractivity contribution in [1.29, 1.82) is 0 Å². The number of piperazine rings is 1. The zero-order valence-corrected chi connectivity index (χ0v) is 15.2. The topological polar surface area (TPSA) is 95.9 Å². The van der Waals surface area contributed by atoms with Crippen LogP contribution in [0.25, 0.3) is 0 Å². The van der Waals surface area contributed by atoms with Crippen molar-refractivity contribution in [2.75, 3.05) is 38.2 Å². The average molecular weight is 370 g/mol. The first-order valence-electron chi connectivity index (χ1n) is 8.79. The van der Waals surface area contributed by atoms with Crippen molar-refractivity contribution in [3.8, 4) is 5.88 Å². The number of carboxylic acids is 1. The molecule has 1 aromatic heterocycles. The number of aromatic carboxylic acids is 1. The highest BCUT2D eigenvalue weighted by Gasteiger charge is 2.23. The molecule has 1 N–H and O–H groups in total. The van der Waals surface area contributed by atoms with Gasteiger partial charge in [-0.3, -0.25) is 4.79 Å². The number of aryl methyl sites for hydroxylation is 1. The first-order chi connectivity index (χ1) is 13.1. The third-order valence-corrected chi connectivity index (χ3v) is 4.60. The van der Waals surface area contributed by atoms with Crippen LogP contribution in [0.4, 0.5) is 5.95 Å². The van der Waals surface area contributed by atoms with Crippen LogP contribution in [-0.4, -0.2) is 65.1 Å². The van der Waals surface area contributed by atoms with E-state index in [-0.39, 0.29) is 11.5 Å². The molecule has 0 atom stereocenters. The summed E-state index contributed by atoms with van der Waals surface area (Å²) < 4.78 is 5.12. The van der Waals surface area contributed by atoms with Crippen LogP contribution in [0.2, 0.25) is 0 Å². The Labute approximate surface area is 157 Å². The minimum absolute atomic E-state index is 0.0291. The van der Waals surface area contributed by atoms with E-state index in [9.17, 15) is 14.7 Å². The lowest BCUT2D eigenvalue weighted by atomic mass is 10.0. The smallest absolute Gasteiger partial charge is 0.335 e. The second-order valence-electron chi connectivity index (χ2n) is 6.23. The van der Waals surface area contributed by atoms with Crippen LogP contribution in [0.1, 0.15) is 22.3 Å². The maximum absolute atomic E-state index is 12.5. The predicted octanol–water partition coefficient (Wildman–Crippen LogP) is 1.46. The molecule has 8 heteroatoms. The fourth-order valence-corrected chi connectivity index (χ4v) is 3.10. The van der Waals surface area contributed by atoms with Gasteiger partial charge in [-0.15, -0.1) is 0 Å². The number of amides is 1. The Morgan fingerprint density at radius 3 is 2.59 bits per heavy atom. The van der Waals surface area contributed by atoms with Crippen molar-refractivity contribution >= 4 is 17.8 Å². The highest BCUT2D eigenvalue weighted by molar-refractivity contribution is 5.89. The summed E-state index contributed by atoms with van der Waals surface area (Å²) in [6.07, 6.45) is 2.36. The van der Waals surface area contributed by atoms with E-state index in [4.69, 9.17) is 4.74 Å². The van der Waals surface area contributed by atoms with Gasteiger partial charge >= 0.3 is 5.97 Å². The number of nitrogens with zero attached hydrogens (tertiary/aromatic N) is 4. The van der Waals surface area contributed by atoms with Crippen molar-refractivity contribution < 1.29 is 19.4 Å². The standard InChI is InChI=1S/C19H22N4O4/c1-27-16-8-9-20-19(21-16)23-12-10-22(11-13-23)17(24)7-6-14-4-2-3-5-15(14)18(25)26/h2-5,8-9H,6-7,10-13H2,1H3,(H,25,26). The van der Waals surface area contributed by atoms with Gasteiger partial charge in [-0.1, -0.05) is 18.2 Å². The molecule has 1 saturated heterocycles. The van der Waals surface area contributed by atoms with Crippen molar-refractivity contribution in [2.24, 2.45) is 0 Å². The zero-order chi connectivity index (χ0) is 19.2. The molecule has 1 aromatic carbocycles. The van der Waals surface area contributed by atoms with E-state index in [1.54, 1.807) is 48.5 Å². The van der Waals surface area contributed by atoms with E-state index in [0.29, 0.717) is 56.4 Å². The van der Waals surface area contributed by atoms with Crippen LogP contribution in [0, 0.1) is 0 Å². The Kier molecular flexibility index (Phi) is 5.85. The van der Waals surface area contributed by atoms with Gasteiger partial charge in [0.1, 0.15) is 0 Å². The fourth-order valence-electron chi connectivity index (χ4n) is 3.10. The van der Waals surface area contributed by atoms with Gasteiger partial charge in [0.05, 0.1) is 12.7 Å². The summed E-state index contributed by atoms with van der Waals surface area (Å²) >= 11 is 0. The second-order valence-corrected chi connectivity index (χ2v) is 6.23. The molecule has 27 heavy (non-hydrogen) atoms. The molecule has 3 rings (SSSR count). The molecule has 1 fully saturated rings. The van der Waals surface area contributed by atoms with Crippen LogP contribution in [0.5, 0.6) is 5.88 Å². The number of rotatable bonds is 6. The molecule has 1 aliphatic heterocycles. The van der Waals surface area contributed by atoms with Gasteiger partial charge in [-0.2, -0.15) is 4.98 Å². The number of aromatic nitrogens is 2. The minimum Gasteiger partial charge on any atom is -0.481 e. The number of ether oxygens (including phenoxy) is 1. The SMILES string of the molecule is COc1ccnc(N2CCN(C(=O)CCc3ccccc3C(=O)O)CC2)n1. The molecule has 2 aromatic rings. The Balaban J connectivity index is 1.54. The van der Waals surface area contributed by atoms with Crippen LogP contribution in [0.15, 0.2) is 36.5 Å². The van der Waals surface area contributed by atoms with Gasteiger partial charge in [0.15, 0.2) is 0 Å². The summed E-state index contributed by atoms with van der Waals surface area (Å²) in [4.78, 5) is 36.2. The molecular formula is C19H22N4O4. The Hall–Kier alpha value is -3.16. The number of hydrogen-bond acceptors (Lipinski definition) is 6. The number of anilines is 1. The summed E-state index contributed by atoms with van der Waals surface area (Å²) in [6, 6.07) is 8.50. The van der Waals surface area contributed by atoms with Crippen LogP contribution >= 0.6 is 0 Å². The maximum Gasteiger partial charge on any atom is 0.335 e. The quantitative estimate of drug-likeness (QED) is 0.822. The Bertz CT molecular complexity index is 819. The van der Waals surface area contributed by atoms with Crippen molar-refractivity contribution in [1.82, 2.24) is 14.9 Å². The molecule has 2 heterocycles. The summed E-state index contributed by atoms with van der Waals surface area (Å²) in [7, 11) is 1.56. The second kappa shape index (κ2) is 8.48. The largest absolute Gasteiger partial charge is 0.481 e. The van der Waals surface area contributed by atoms with Gasteiger partial charge in [0.25, 0.3) is 0 Å². The fraction of sp³-hybridized carbons (Fsp3) is 0.368. The monoisotopic (exact) mass is 370 g/mol. The lowest BCUT2D eigenvalue weighted by molar-refractivity contribution is -0.131. The number of carbonyl (C=O) groups excluding carboxylic acids is 1. The van der Waals surface area contributed by atoms with E-state index in [1.807, 2.05) is 4.90 Å². The van der Waals surface area contributed by atoms with Gasteiger partial charge < -0.3 is 19.6 Å². The Morgan fingerprint density at radius 2 is 1.89 bits per heavy atom. The molecule has 1 amide bonds. The van der Waals surface area contributed by atoms with E-state index in [2.05, 4.69) is 9.97 Å². The molecule has 0 aliphatic carbocycles. The predicted molar refractivity (Wildman–Crippen MR) is 99.1 cm³/mol. The molecule has 8 nitrogen and oxygen atoms in total. The van der Waals surface area contributed by atoms with Crippen LogP contribution in [0.3, 0.4) is 0 Å². The molecule has 1 aliphatic rings. The van der Waals surface area contributed by atoms with E-state index in [1.165, 1.54) is 0 Å². The van der Waals surface area contributed by atoms with Crippen molar-refractivity contribution in [2.45, 2.75) is 12.8 Å². The lowest BCUT2D eigenvalue weighted by Crippen LogP contribution is -2.49. The number of hydrogen-bond donors (Lipinski definition) is 1. The summed E-state index contributed by atoms with van der Waals surface area (Å²) in [5, 5.41) is 9.23. The highest BCUT2D eigenvalue weighted by Crippen LogP contribution is 2.16. The third kappa shape index (κ3) is 4.52. The first kappa shape index (κ1) is 18.6. The molecule has 142 valence electrons. The molecular weight excluding hydrogens is 348 g/mol. The molecule has 0 saturated carbocycles. The zero-order valence-electron chi connectivity index (χ0n) is 15.2. The number of carboxylic acid groups (broad SMARTS) is 1. The summed E-state index contributed by atoms with van der Waals surface area (Å²) in [5.74, 6) is 0.166. The summed E-state index contributed by atoms with van der Waals surface area (Å²) in [6.45, 7) is 2.45. The lowest BCUT2D eigenvalue weighted by Gasteiger charge is -2.34. The third-order valence-electron chi connectivity index (χ3n) is 4.60. The van der Waals surface area contributed by atoms with Gasteiger partial charge in [-0.25, -0.2) is 9.78 Å². The first-order valence-corrected chi connectivity index (χ1v) is 8.79. The number of carbonyl (C=O) groups is 2.